The average Bonchev–Trinajstić information content (AvgIpc) is 2.54. The molecule has 3 amide bonds. The molecule has 0 aliphatic rings. The molecule has 11 nitrogen and oxygen atoms in total. The molecule has 11 heteroatoms. The summed E-state index contributed by atoms with van der Waals surface area (Å²) in [5.74, 6) is -3.60. The van der Waals surface area contributed by atoms with Gasteiger partial charge in [0.15, 0.2) is 6.04 Å². The predicted octanol–water partition coefficient (Wildman–Crippen LogP) is -2.32. The molecule has 0 radical (unpaired) electrons. The fraction of sp³-hybridized carbons (Fsp3) is 0.765. The molecule has 0 aliphatic carbocycles. The Morgan fingerprint density at radius 1 is 0.786 bits per heavy atom. The van der Waals surface area contributed by atoms with Gasteiger partial charge in [-0.25, -0.2) is 4.79 Å². The number of rotatable bonds is 11. The number of carboxylic acids is 1. The van der Waals surface area contributed by atoms with Crippen molar-refractivity contribution in [3.8, 4) is 0 Å². The summed E-state index contributed by atoms with van der Waals surface area (Å²) in [5.41, 5.74) is 5.76. The minimum absolute atomic E-state index is 0.152. The molecule has 0 saturated heterocycles. The van der Waals surface area contributed by atoms with Crippen molar-refractivity contribution in [2.45, 2.75) is 77.4 Å². The van der Waals surface area contributed by atoms with Crippen LogP contribution >= 0.6 is 0 Å². The Balaban J connectivity index is 4.98. The predicted molar refractivity (Wildman–Crippen MR) is 99.9 cm³/mol. The third-order valence-electron chi connectivity index (χ3n) is 3.92. The van der Waals surface area contributed by atoms with Gasteiger partial charge in [-0.1, -0.05) is 13.8 Å². The zero-order valence-electron chi connectivity index (χ0n) is 16.8. The van der Waals surface area contributed by atoms with E-state index in [0.29, 0.717) is 6.42 Å². The van der Waals surface area contributed by atoms with Gasteiger partial charge in [0.1, 0.15) is 12.1 Å². The maximum Gasteiger partial charge on any atom is 0.328 e. The Morgan fingerprint density at radius 3 is 1.64 bits per heavy atom. The van der Waals surface area contributed by atoms with Gasteiger partial charge in [-0.05, 0) is 33.1 Å². The van der Waals surface area contributed by atoms with Crippen molar-refractivity contribution in [3.05, 3.63) is 0 Å². The molecule has 0 aromatic heterocycles. The number of aliphatic hydroxyl groups is 2. The Labute approximate surface area is 164 Å². The lowest BCUT2D eigenvalue weighted by atomic mass is 10.0. The van der Waals surface area contributed by atoms with Gasteiger partial charge in [-0.3, -0.25) is 14.4 Å². The number of carboxylic acid groups (broad SMARTS) is 1. The van der Waals surface area contributed by atoms with Crippen molar-refractivity contribution >= 4 is 23.7 Å². The summed E-state index contributed by atoms with van der Waals surface area (Å²) >= 11 is 0. The first kappa shape index (κ1) is 25.8. The van der Waals surface area contributed by atoms with Crippen LogP contribution in [0.3, 0.4) is 0 Å². The molecule has 0 aliphatic heterocycles. The summed E-state index contributed by atoms with van der Waals surface area (Å²) in [4.78, 5) is 47.6. The van der Waals surface area contributed by atoms with Gasteiger partial charge in [-0.15, -0.1) is 0 Å². The highest BCUT2D eigenvalue weighted by molar-refractivity contribution is 5.94. The Morgan fingerprint density at radius 2 is 1.25 bits per heavy atom. The minimum Gasteiger partial charge on any atom is -0.480 e. The molecule has 8 N–H and O–H groups in total. The summed E-state index contributed by atoms with van der Waals surface area (Å²) in [6.45, 7) is 7.53. The van der Waals surface area contributed by atoms with Gasteiger partial charge in [0, 0.05) is 0 Å². The zero-order valence-corrected chi connectivity index (χ0v) is 16.8. The molecule has 0 saturated carbocycles. The molecular formula is C17H32N4O7. The number of nitrogens with one attached hydrogen (secondary N) is 3. The second kappa shape index (κ2) is 11.6. The van der Waals surface area contributed by atoms with E-state index in [9.17, 15) is 29.4 Å². The molecule has 0 rings (SSSR count). The van der Waals surface area contributed by atoms with Gasteiger partial charge in [0.2, 0.25) is 17.7 Å². The Bertz CT molecular complexity index is 566. The van der Waals surface area contributed by atoms with Gasteiger partial charge >= 0.3 is 5.97 Å². The fourth-order valence-electron chi connectivity index (χ4n) is 2.32. The number of hydrogen-bond acceptors (Lipinski definition) is 7. The van der Waals surface area contributed by atoms with Crippen LogP contribution in [0.2, 0.25) is 0 Å². The number of aliphatic carboxylic acids is 1. The van der Waals surface area contributed by atoms with Crippen LogP contribution in [0, 0.1) is 5.92 Å². The highest BCUT2D eigenvalue weighted by atomic mass is 16.4. The number of aliphatic hydroxyl groups excluding tert-OH is 2. The summed E-state index contributed by atoms with van der Waals surface area (Å²) in [6.07, 6.45) is -2.24. The van der Waals surface area contributed by atoms with Crippen molar-refractivity contribution < 1.29 is 34.5 Å². The zero-order chi connectivity index (χ0) is 22.2. The highest BCUT2D eigenvalue weighted by Crippen LogP contribution is 2.04. The first-order valence-electron chi connectivity index (χ1n) is 9.03. The van der Waals surface area contributed by atoms with Gasteiger partial charge < -0.3 is 37.0 Å². The lowest BCUT2D eigenvalue weighted by Crippen LogP contribution is -2.59. The van der Waals surface area contributed by atoms with Crippen molar-refractivity contribution in [3.63, 3.8) is 0 Å². The molecule has 28 heavy (non-hydrogen) atoms. The number of hydrogen-bond donors (Lipinski definition) is 7. The molecule has 6 atom stereocenters. The summed E-state index contributed by atoms with van der Waals surface area (Å²) in [5, 5.41) is 34.9. The molecule has 0 bridgehead atoms. The van der Waals surface area contributed by atoms with Crippen LogP contribution in [-0.2, 0) is 19.2 Å². The lowest BCUT2D eigenvalue weighted by Gasteiger charge is -2.25. The molecule has 0 fully saturated rings. The second-order valence-corrected chi connectivity index (χ2v) is 7.26. The highest BCUT2D eigenvalue weighted by Gasteiger charge is 2.31. The summed E-state index contributed by atoms with van der Waals surface area (Å²) < 4.78 is 0. The normalized spacial score (nSPS) is 17.6. The standard InChI is InChI=1S/C17H32N4O7/c1-7(2)6-11(18)15(25)20-12(9(4)22)16(26)19-8(3)14(24)21-13(10(5)23)17(27)28/h7-13,22-23H,6,18H2,1-5H3,(H,19,26)(H,20,25)(H,21,24)(H,27,28). The Kier molecular flexibility index (Phi) is 10.6. The van der Waals surface area contributed by atoms with E-state index >= 15 is 0 Å². The first-order chi connectivity index (χ1) is 12.8. The monoisotopic (exact) mass is 404 g/mol. The Hall–Kier alpha value is -2.24. The molecule has 0 spiro atoms. The van der Waals surface area contributed by atoms with Gasteiger partial charge in [0.25, 0.3) is 0 Å². The minimum atomic E-state index is -1.55. The third kappa shape index (κ3) is 8.63. The average molecular weight is 404 g/mol. The number of amides is 3. The lowest BCUT2D eigenvalue weighted by molar-refractivity contribution is -0.145. The largest absolute Gasteiger partial charge is 0.480 e. The third-order valence-corrected chi connectivity index (χ3v) is 3.92. The van der Waals surface area contributed by atoms with E-state index in [1.165, 1.54) is 20.8 Å². The molecule has 0 heterocycles. The molecular weight excluding hydrogens is 372 g/mol. The van der Waals surface area contributed by atoms with E-state index in [-0.39, 0.29) is 5.92 Å². The molecule has 6 unspecified atom stereocenters. The molecule has 0 aromatic rings. The van der Waals surface area contributed by atoms with Gasteiger partial charge in [0.05, 0.1) is 18.2 Å². The number of nitrogens with two attached hydrogens (primary N) is 1. The summed E-state index contributed by atoms with van der Waals surface area (Å²) in [6, 6.07) is -4.95. The summed E-state index contributed by atoms with van der Waals surface area (Å²) in [7, 11) is 0. The topological polar surface area (TPSA) is 191 Å². The van der Waals surface area contributed by atoms with E-state index in [0.717, 1.165) is 0 Å². The van der Waals surface area contributed by atoms with Crippen LogP contribution in [0.1, 0.15) is 41.0 Å². The van der Waals surface area contributed by atoms with E-state index in [1.54, 1.807) is 0 Å². The SMILES string of the molecule is CC(C)CC(N)C(=O)NC(C(=O)NC(C)C(=O)NC(C(=O)O)C(C)O)C(C)O. The van der Waals surface area contributed by atoms with Crippen LogP contribution in [0.15, 0.2) is 0 Å². The van der Waals surface area contributed by atoms with Crippen LogP contribution in [0.4, 0.5) is 0 Å². The van der Waals surface area contributed by atoms with Crippen LogP contribution in [0.5, 0.6) is 0 Å². The fourth-order valence-corrected chi connectivity index (χ4v) is 2.32. The van der Waals surface area contributed by atoms with Crippen molar-refractivity contribution in [2.75, 3.05) is 0 Å². The molecule has 162 valence electrons. The van der Waals surface area contributed by atoms with Crippen LogP contribution in [-0.4, -0.2) is 75.4 Å². The first-order valence-corrected chi connectivity index (χ1v) is 9.03. The second-order valence-electron chi connectivity index (χ2n) is 7.26. The van der Waals surface area contributed by atoms with Crippen molar-refractivity contribution in [1.29, 1.82) is 0 Å². The maximum absolute atomic E-state index is 12.4. The van der Waals surface area contributed by atoms with Crippen molar-refractivity contribution in [1.82, 2.24) is 16.0 Å². The quantitative estimate of drug-likeness (QED) is 0.199. The van der Waals surface area contributed by atoms with E-state index in [4.69, 9.17) is 10.8 Å². The van der Waals surface area contributed by atoms with Gasteiger partial charge in [-0.2, -0.15) is 0 Å². The van der Waals surface area contributed by atoms with E-state index < -0.39 is 60.1 Å². The van der Waals surface area contributed by atoms with E-state index in [1.807, 2.05) is 13.8 Å². The molecule has 0 aromatic carbocycles. The smallest absolute Gasteiger partial charge is 0.328 e. The number of carbonyl (C=O) groups excluding carboxylic acids is 3. The van der Waals surface area contributed by atoms with Crippen LogP contribution < -0.4 is 21.7 Å². The van der Waals surface area contributed by atoms with E-state index in [2.05, 4.69) is 16.0 Å². The van der Waals surface area contributed by atoms with Crippen molar-refractivity contribution in [2.24, 2.45) is 11.7 Å². The maximum atomic E-state index is 12.4. The number of carbonyl (C=O) groups is 4. The van der Waals surface area contributed by atoms with Crippen LogP contribution in [0.25, 0.3) is 0 Å².